The zero-order valence-electron chi connectivity index (χ0n) is 14.7. The highest BCUT2D eigenvalue weighted by Crippen LogP contribution is 2.28. The lowest BCUT2D eigenvalue weighted by Gasteiger charge is -2.11. The van der Waals surface area contributed by atoms with Crippen LogP contribution >= 0.6 is 11.6 Å². The van der Waals surface area contributed by atoms with Crippen LogP contribution in [0.3, 0.4) is 0 Å². The van der Waals surface area contributed by atoms with Crippen molar-refractivity contribution >= 4 is 34.2 Å². The summed E-state index contributed by atoms with van der Waals surface area (Å²) >= 11 is 5.91. The van der Waals surface area contributed by atoms with Crippen LogP contribution in [0.5, 0.6) is 5.75 Å². The van der Waals surface area contributed by atoms with Gasteiger partial charge < -0.3 is 14.8 Å². The Morgan fingerprint density at radius 3 is 2.52 bits per heavy atom. The lowest BCUT2D eigenvalue weighted by Crippen LogP contribution is -2.28. The van der Waals surface area contributed by atoms with Crippen molar-refractivity contribution in [3.8, 4) is 5.75 Å². The third-order valence-electron chi connectivity index (χ3n) is 4.04. The van der Waals surface area contributed by atoms with Crippen LogP contribution in [0.1, 0.15) is 15.9 Å². The van der Waals surface area contributed by atoms with E-state index in [0.29, 0.717) is 28.3 Å². The van der Waals surface area contributed by atoms with Crippen molar-refractivity contribution in [2.24, 2.45) is 0 Å². The van der Waals surface area contributed by atoms with Crippen LogP contribution in [0.25, 0.3) is 10.8 Å². The van der Waals surface area contributed by atoms with E-state index in [1.807, 2.05) is 30.3 Å². The van der Waals surface area contributed by atoms with E-state index in [1.165, 1.54) is 0 Å². The Morgan fingerprint density at radius 1 is 1.00 bits per heavy atom. The van der Waals surface area contributed by atoms with Gasteiger partial charge in [-0.15, -0.1) is 0 Å². The number of amides is 1. The zero-order valence-corrected chi connectivity index (χ0v) is 15.5. The summed E-state index contributed by atoms with van der Waals surface area (Å²) in [4.78, 5) is 24.4. The van der Waals surface area contributed by atoms with Gasteiger partial charge in [0.05, 0.1) is 12.7 Å². The number of nitrogens with one attached hydrogen (secondary N) is 1. The molecule has 0 atom stereocenters. The van der Waals surface area contributed by atoms with Crippen molar-refractivity contribution in [2.45, 2.75) is 6.54 Å². The molecule has 3 rings (SSSR count). The monoisotopic (exact) mass is 383 g/mol. The first-order valence-corrected chi connectivity index (χ1v) is 8.70. The molecular formula is C21H18ClNO4. The minimum Gasteiger partial charge on any atom is -0.496 e. The summed E-state index contributed by atoms with van der Waals surface area (Å²) in [6, 6.07) is 17.9. The maximum absolute atomic E-state index is 12.4. The number of halogens is 1. The van der Waals surface area contributed by atoms with Gasteiger partial charge in [-0.1, -0.05) is 48.0 Å². The van der Waals surface area contributed by atoms with Gasteiger partial charge in [0.15, 0.2) is 6.61 Å². The number of ether oxygens (including phenoxy) is 2. The van der Waals surface area contributed by atoms with Crippen LogP contribution in [0.2, 0.25) is 5.02 Å². The Balaban J connectivity index is 1.62. The van der Waals surface area contributed by atoms with Gasteiger partial charge in [-0.05, 0) is 35.2 Å². The summed E-state index contributed by atoms with van der Waals surface area (Å²) in [5.41, 5.74) is 1.25. The molecule has 6 heteroatoms. The van der Waals surface area contributed by atoms with E-state index in [-0.39, 0.29) is 12.5 Å². The van der Waals surface area contributed by atoms with Crippen LogP contribution in [0.4, 0.5) is 0 Å². The van der Waals surface area contributed by atoms with Crippen molar-refractivity contribution in [1.82, 2.24) is 5.32 Å². The number of hydrogen-bond acceptors (Lipinski definition) is 4. The molecule has 5 nitrogen and oxygen atoms in total. The molecule has 138 valence electrons. The molecule has 0 fully saturated rings. The average molecular weight is 384 g/mol. The molecule has 0 saturated carbocycles. The standard InChI is InChI=1S/C21H18ClNO4/c1-26-19-10-9-18(16-7-2-3-8-17(16)19)21(25)27-13-20(24)23-12-14-5-4-6-15(22)11-14/h2-11H,12-13H2,1H3,(H,23,24). The molecule has 0 spiro atoms. The van der Waals surface area contributed by atoms with E-state index in [2.05, 4.69) is 5.32 Å². The number of fused-ring (bicyclic) bond motifs is 1. The average Bonchev–Trinajstić information content (AvgIpc) is 2.69. The van der Waals surface area contributed by atoms with Crippen LogP contribution in [0, 0.1) is 0 Å². The van der Waals surface area contributed by atoms with E-state index >= 15 is 0 Å². The highest BCUT2D eigenvalue weighted by Gasteiger charge is 2.15. The van der Waals surface area contributed by atoms with Gasteiger partial charge in [0, 0.05) is 17.0 Å². The smallest absolute Gasteiger partial charge is 0.339 e. The van der Waals surface area contributed by atoms with Crippen molar-refractivity contribution in [3.63, 3.8) is 0 Å². The first kappa shape index (κ1) is 18.7. The number of esters is 1. The van der Waals surface area contributed by atoms with Gasteiger partial charge in [-0.25, -0.2) is 4.79 Å². The van der Waals surface area contributed by atoms with Crippen LogP contribution < -0.4 is 10.1 Å². The molecule has 0 aliphatic rings. The molecule has 0 aromatic heterocycles. The summed E-state index contributed by atoms with van der Waals surface area (Å²) < 4.78 is 10.5. The first-order chi connectivity index (χ1) is 13.1. The Kier molecular flexibility index (Phi) is 5.94. The van der Waals surface area contributed by atoms with Gasteiger partial charge in [-0.2, -0.15) is 0 Å². The molecule has 1 amide bonds. The van der Waals surface area contributed by atoms with Gasteiger partial charge in [0.25, 0.3) is 5.91 Å². The minimum atomic E-state index is -0.563. The lowest BCUT2D eigenvalue weighted by atomic mass is 10.0. The number of rotatable bonds is 6. The summed E-state index contributed by atoms with van der Waals surface area (Å²) in [5, 5.41) is 4.81. The molecule has 0 saturated heterocycles. The molecule has 3 aromatic rings. The third-order valence-corrected chi connectivity index (χ3v) is 4.27. The van der Waals surface area contributed by atoms with Crippen LogP contribution in [0.15, 0.2) is 60.7 Å². The van der Waals surface area contributed by atoms with Gasteiger partial charge in [0.2, 0.25) is 0 Å². The lowest BCUT2D eigenvalue weighted by molar-refractivity contribution is -0.124. The quantitative estimate of drug-likeness (QED) is 0.654. The normalized spacial score (nSPS) is 10.4. The summed E-state index contributed by atoms with van der Waals surface area (Å²) in [5.74, 6) is -0.283. The molecule has 3 aromatic carbocycles. The minimum absolute atomic E-state index is 0.308. The Hall–Kier alpha value is -3.05. The number of carbonyl (C=O) groups is 2. The topological polar surface area (TPSA) is 64.6 Å². The molecular weight excluding hydrogens is 366 g/mol. The van der Waals surface area contributed by atoms with Crippen molar-refractivity contribution in [3.05, 3.63) is 76.8 Å². The Labute approximate surface area is 161 Å². The molecule has 0 unspecified atom stereocenters. The highest BCUT2D eigenvalue weighted by atomic mass is 35.5. The Bertz CT molecular complexity index is 987. The van der Waals surface area contributed by atoms with E-state index in [0.717, 1.165) is 10.9 Å². The largest absolute Gasteiger partial charge is 0.496 e. The van der Waals surface area contributed by atoms with Crippen LogP contribution in [-0.4, -0.2) is 25.6 Å². The fraction of sp³-hybridized carbons (Fsp3) is 0.143. The number of hydrogen-bond donors (Lipinski definition) is 1. The van der Waals surface area contributed by atoms with E-state index in [1.54, 1.807) is 37.4 Å². The number of carbonyl (C=O) groups excluding carboxylic acids is 2. The van der Waals surface area contributed by atoms with E-state index < -0.39 is 5.97 Å². The summed E-state index contributed by atoms with van der Waals surface area (Å²) in [7, 11) is 1.57. The van der Waals surface area contributed by atoms with Gasteiger partial charge >= 0.3 is 5.97 Å². The maximum atomic E-state index is 12.4. The summed E-state index contributed by atoms with van der Waals surface area (Å²) in [6.07, 6.45) is 0. The van der Waals surface area contributed by atoms with Crippen molar-refractivity contribution in [2.75, 3.05) is 13.7 Å². The molecule has 0 aliphatic carbocycles. The van der Waals surface area contributed by atoms with Crippen molar-refractivity contribution < 1.29 is 19.1 Å². The van der Waals surface area contributed by atoms with Crippen molar-refractivity contribution in [1.29, 1.82) is 0 Å². The fourth-order valence-electron chi connectivity index (χ4n) is 2.73. The number of benzene rings is 3. The van der Waals surface area contributed by atoms with E-state index in [9.17, 15) is 9.59 Å². The third kappa shape index (κ3) is 4.57. The molecule has 0 radical (unpaired) electrons. The second-order valence-electron chi connectivity index (χ2n) is 5.84. The second kappa shape index (κ2) is 8.56. The maximum Gasteiger partial charge on any atom is 0.339 e. The SMILES string of the molecule is COc1ccc(C(=O)OCC(=O)NCc2cccc(Cl)c2)c2ccccc12. The predicted molar refractivity (Wildman–Crippen MR) is 104 cm³/mol. The molecule has 0 bridgehead atoms. The van der Waals surface area contributed by atoms with Gasteiger partial charge in [-0.3, -0.25) is 4.79 Å². The fourth-order valence-corrected chi connectivity index (χ4v) is 2.95. The van der Waals surface area contributed by atoms with Gasteiger partial charge in [0.1, 0.15) is 5.75 Å². The highest BCUT2D eigenvalue weighted by molar-refractivity contribution is 6.30. The summed E-state index contributed by atoms with van der Waals surface area (Å²) in [6.45, 7) is -0.0534. The Morgan fingerprint density at radius 2 is 1.78 bits per heavy atom. The first-order valence-electron chi connectivity index (χ1n) is 8.32. The van der Waals surface area contributed by atoms with Crippen LogP contribution in [-0.2, 0) is 16.1 Å². The molecule has 27 heavy (non-hydrogen) atoms. The van der Waals surface area contributed by atoms with E-state index in [4.69, 9.17) is 21.1 Å². The zero-order chi connectivity index (χ0) is 19.2. The molecule has 0 heterocycles. The molecule has 1 N–H and O–H groups in total. The second-order valence-corrected chi connectivity index (χ2v) is 6.28. The predicted octanol–water partition coefficient (Wildman–Crippen LogP) is 3.98. The molecule has 0 aliphatic heterocycles. The number of methoxy groups -OCH3 is 1.